The van der Waals surface area contributed by atoms with Gasteiger partial charge in [0.25, 0.3) is 0 Å². The third kappa shape index (κ3) is 6.36. The van der Waals surface area contributed by atoms with Gasteiger partial charge in [-0.2, -0.15) is 0 Å². The summed E-state index contributed by atoms with van der Waals surface area (Å²) < 4.78 is 0. The van der Waals surface area contributed by atoms with Crippen LogP contribution in [-0.2, 0) is 4.79 Å². The van der Waals surface area contributed by atoms with Gasteiger partial charge in [0.2, 0.25) is 0 Å². The number of aliphatic hydroxyl groups excluding tert-OH is 1. The standard InChI is InChI=1S/C21H32O2/c1-5-7-12-18(14-8-11-16(3)4)21(23)20-17(10-6-2)13-9-15-19(20)22/h6,8,11,16-18,20-21,23H,2,9-10,12-15H2,1,3-4H3/b11-8+/t17?,18-,20?,21?/m0/s1. The second kappa shape index (κ2) is 10.4. The molecule has 0 aromatic carbocycles. The Morgan fingerprint density at radius 3 is 2.78 bits per heavy atom. The molecule has 1 N–H and O–H groups in total. The maximum Gasteiger partial charge on any atom is 0.138 e. The Balaban J connectivity index is 2.89. The first-order valence-electron chi connectivity index (χ1n) is 8.89. The van der Waals surface area contributed by atoms with Gasteiger partial charge in [0, 0.05) is 18.8 Å². The van der Waals surface area contributed by atoms with Crippen LogP contribution >= 0.6 is 0 Å². The Morgan fingerprint density at radius 2 is 2.17 bits per heavy atom. The SMILES string of the molecule is C=CCC1CCCC(=O)C1C(O)[C@@H](CC#CC)C/C=C/C(C)C. The Bertz CT molecular complexity index is 464. The van der Waals surface area contributed by atoms with E-state index in [-0.39, 0.29) is 23.5 Å². The number of aliphatic hydroxyl groups is 1. The average Bonchev–Trinajstić information content (AvgIpc) is 2.50. The van der Waals surface area contributed by atoms with E-state index in [9.17, 15) is 9.90 Å². The number of allylic oxidation sites excluding steroid dienone is 3. The van der Waals surface area contributed by atoms with Crippen LogP contribution in [0.3, 0.4) is 0 Å². The van der Waals surface area contributed by atoms with E-state index < -0.39 is 6.10 Å². The van der Waals surface area contributed by atoms with Crippen LogP contribution in [0.5, 0.6) is 0 Å². The smallest absolute Gasteiger partial charge is 0.138 e. The highest BCUT2D eigenvalue weighted by Gasteiger charge is 2.39. The molecule has 128 valence electrons. The molecular formula is C21H32O2. The molecular weight excluding hydrogens is 284 g/mol. The summed E-state index contributed by atoms with van der Waals surface area (Å²) in [6.07, 6.45) is 10.3. The molecule has 0 aliphatic heterocycles. The molecule has 2 heteroatoms. The molecule has 0 radical (unpaired) electrons. The van der Waals surface area contributed by atoms with Crippen LogP contribution in [0.1, 0.15) is 59.3 Å². The van der Waals surface area contributed by atoms with Crippen molar-refractivity contribution in [3.8, 4) is 11.8 Å². The van der Waals surface area contributed by atoms with Crippen molar-refractivity contribution in [2.45, 2.75) is 65.4 Å². The van der Waals surface area contributed by atoms with Gasteiger partial charge in [-0.05, 0) is 50.4 Å². The molecule has 1 aliphatic rings. The molecule has 0 spiro atoms. The number of ketones is 1. The van der Waals surface area contributed by atoms with Crippen LogP contribution < -0.4 is 0 Å². The zero-order valence-corrected chi connectivity index (χ0v) is 14.9. The lowest BCUT2D eigenvalue weighted by molar-refractivity contribution is -0.133. The van der Waals surface area contributed by atoms with Gasteiger partial charge in [-0.25, -0.2) is 0 Å². The van der Waals surface area contributed by atoms with Gasteiger partial charge in [0.05, 0.1) is 6.10 Å². The molecule has 0 aromatic rings. The maximum atomic E-state index is 12.4. The highest BCUT2D eigenvalue weighted by Crippen LogP contribution is 2.36. The highest BCUT2D eigenvalue weighted by atomic mass is 16.3. The minimum absolute atomic E-state index is 0.0248. The lowest BCUT2D eigenvalue weighted by atomic mass is 9.70. The minimum atomic E-state index is -0.606. The maximum absolute atomic E-state index is 12.4. The van der Waals surface area contributed by atoms with Gasteiger partial charge >= 0.3 is 0 Å². The Hall–Kier alpha value is -1.33. The summed E-state index contributed by atoms with van der Waals surface area (Å²) in [5, 5.41) is 10.9. The number of hydrogen-bond donors (Lipinski definition) is 1. The van der Waals surface area contributed by atoms with Gasteiger partial charge in [0.15, 0.2) is 0 Å². The predicted octanol–water partition coefficient (Wildman–Crippen LogP) is 4.54. The summed E-state index contributed by atoms with van der Waals surface area (Å²) in [6.45, 7) is 9.90. The molecule has 0 heterocycles. The van der Waals surface area contributed by atoms with E-state index in [1.807, 2.05) is 13.0 Å². The normalized spacial score (nSPS) is 24.3. The summed E-state index contributed by atoms with van der Waals surface area (Å²) in [4.78, 5) is 12.4. The van der Waals surface area contributed by atoms with E-state index >= 15 is 0 Å². The molecule has 0 aromatic heterocycles. The van der Waals surface area contributed by atoms with Crippen LogP contribution in [0.2, 0.25) is 0 Å². The first-order chi connectivity index (χ1) is 11.0. The van der Waals surface area contributed by atoms with Crippen molar-refractivity contribution in [2.75, 3.05) is 0 Å². The first-order valence-corrected chi connectivity index (χ1v) is 8.89. The summed E-state index contributed by atoms with van der Waals surface area (Å²) >= 11 is 0. The van der Waals surface area contributed by atoms with Crippen LogP contribution in [-0.4, -0.2) is 17.0 Å². The van der Waals surface area contributed by atoms with Crippen molar-refractivity contribution in [3.05, 3.63) is 24.8 Å². The fraction of sp³-hybridized carbons (Fsp3) is 0.667. The summed E-state index contributed by atoms with van der Waals surface area (Å²) in [6, 6.07) is 0. The Morgan fingerprint density at radius 1 is 1.43 bits per heavy atom. The molecule has 0 amide bonds. The number of rotatable bonds is 8. The average molecular weight is 316 g/mol. The minimum Gasteiger partial charge on any atom is -0.392 e. The molecule has 0 saturated heterocycles. The van der Waals surface area contributed by atoms with E-state index in [4.69, 9.17) is 0 Å². The molecule has 2 nitrogen and oxygen atoms in total. The van der Waals surface area contributed by atoms with Gasteiger partial charge in [0.1, 0.15) is 5.78 Å². The second-order valence-corrected chi connectivity index (χ2v) is 6.96. The number of carbonyl (C=O) groups is 1. The van der Waals surface area contributed by atoms with E-state index in [1.165, 1.54) is 0 Å². The fourth-order valence-corrected chi connectivity index (χ4v) is 3.49. The Kier molecular flexibility index (Phi) is 8.95. The summed E-state index contributed by atoms with van der Waals surface area (Å²) in [5.74, 6) is 6.73. The van der Waals surface area contributed by atoms with Crippen molar-refractivity contribution in [2.24, 2.45) is 23.7 Å². The molecule has 3 unspecified atom stereocenters. The highest BCUT2D eigenvalue weighted by molar-refractivity contribution is 5.82. The number of hydrogen-bond acceptors (Lipinski definition) is 2. The van der Waals surface area contributed by atoms with Crippen LogP contribution in [0, 0.1) is 35.5 Å². The summed E-state index contributed by atoms with van der Waals surface area (Å²) in [7, 11) is 0. The van der Waals surface area contributed by atoms with Crippen molar-refractivity contribution in [3.63, 3.8) is 0 Å². The summed E-state index contributed by atoms with van der Waals surface area (Å²) in [5.41, 5.74) is 0. The van der Waals surface area contributed by atoms with E-state index in [0.717, 1.165) is 25.7 Å². The van der Waals surface area contributed by atoms with Crippen molar-refractivity contribution < 1.29 is 9.90 Å². The zero-order chi connectivity index (χ0) is 17.2. The van der Waals surface area contributed by atoms with Gasteiger partial charge in [-0.15, -0.1) is 18.4 Å². The molecule has 1 fully saturated rings. The number of carbonyl (C=O) groups excluding carboxylic acids is 1. The van der Waals surface area contributed by atoms with Crippen molar-refractivity contribution in [1.29, 1.82) is 0 Å². The van der Waals surface area contributed by atoms with E-state index in [0.29, 0.717) is 18.8 Å². The first kappa shape index (κ1) is 19.7. The fourth-order valence-electron chi connectivity index (χ4n) is 3.49. The molecule has 1 aliphatic carbocycles. The van der Waals surface area contributed by atoms with Gasteiger partial charge < -0.3 is 5.11 Å². The second-order valence-electron chi connectivity index (χ2n) is 6.96. The third-order valence-corrected chi connectivity index (χ3v) is 4.70. The quantitative estimate of drug-likeness (QED) is 0.527. The third-order valence-electron chi connectivity index (χ3n) is 4.70. The van der Waals surface area contributed by atoms with E-state index in [2.05, 4.69) is 44.4 Å². The van der Waals surface area contributed by atoms with Gasteiger partial charge in [-0.3, -0.25) is 4.79 Å². The van der Waals surface area contributed by atoms with Crippen molar-refractivity contribution in [1.82, 2.24) is 0 Å². The lowest BCUT2D eigenvalue weighted by Crippen LogP contribution is -2.41. The molecule has 1 rings (SSSR count). The Labute approximate surface area is 142 Å². The predicted molar refractivity (Wildman–Crippen MR) is 96.8 cm³/mol. The monoisotopic (exact) mass is 316 g/mol. The molecule has 0 bridgehead atoms. The van der Waals surface area contributed by atoms with Crippen LogP contribution in [0.15, 0.2) is 24.8 Å². The molecule has 1 saturated carbocycles. The van der Waals surface area contributed by atoms with Gasteiger partial charge in [-0.1, -0.05) is 32.1 Å². The molecule has 4 atom stereocenters. The largest absolute Gasteiger partial charge is 0.392 e. The topological polar surface area (TPSA) is 37.3 Å². The lowest BCUT2D eigenvalue weighted by Gasteiger charge is -2.36. The molecule has 23 heavy (non-hydrogen) atoms. The van der Waals surface area contributed by atoms with Crippen molar-refractivity contribution >= 4 is 5.78 Å². The zero-order valence-electron chi connectivity index (χ0n) is 14.9. The van der Waals surface area contributed by atoms with Crippen LogP contribution in [0.4, 0.5) is 0 Å². The van der Waals surface area contributed by atoms with Crippen LogP contribution in [0.25, 0.3) is 0 Å². The van der Waals surface area contributed by atoms with E-state index in [1.54, 1.807) is 0 Å². The number of Topliss-reactive ketones (excluding diaryl/α,β-unsaturated/α-hetero) is 1.